The summed E-state index contributed by atoms with van der Waals surface area (Å²) in [5.41, 5.74) is 3.85. The molecule has 0 atom stereocenters. The van der Waals surface area contributed by atoms with Crippen LogP contribution in [0.5, 0.6) is 0 Å². The molecule has 2 aromatic rings. The minimum atomic E-state index is 0.956. The maximum Gasteiger partial charge on any atom is 0.101 e. The summed E-state index contributed by atoms with van der Waals surface area (Å²) in [5, 5.41) is 3.48. The number of rotatable bonds is 3. The highest BCUT2D eigenvalue weighted by atomic mass is 15.0. The van der Waals surface area contributed by atoms with E-state index in [1.54, 1.807) is 0 Å². The van der Waals surface area contributed by atoms with Gasteiger partial charge in [-0.1, -0.05) is 48.5 Å². The molecular weight excluding hydrogens is 232 g/mol. The fraction of sp³-hybridized carbons (Fsp3) is 0.235. The fourth-order valence-corrected chi connectivity index (χ4v) is 2.41. The van der Waals surface area contributed by atoms with Crippen LogP contribution in [0.4, 0.5) is 5.69 Å². The largest absolute Gasteiger partial charge is 0.344 e. The van der Waals surface area contributed by atoms with Gasteiger partial charge in [-0.15, -0.1) is 0 Å². The summed E-state index contributed by atoms with van der Waals surface area (Å²) in [7, 11) is 0. The van der Waals surface area contributed by atoms with Crippen LogP contribution < -0.4 is 5.32 Å². The lowest BCUT2D eigenvalue weighted by Crippen LogP contribution is -2.10. The molecule has 2 nitrogen and oxygen atoms in total. The minimum Gasteiger partial charge on any atom is -0.344 e. The summed E-state index contributed by atoms with van der Waals surface area (Å²) >= 11 is 0. The molecule has 0 fully saturated rings. The topological polar surface area (TPSA) is 24.4 Å². The van der Waals surface area contributed by atoms with E-state index in [9.17, 15) is 0 Å². The van der Waals surface area contributed by atoms with Crippen molar-refractivity contribution < 1.29 is 0 Å². The van der Waals surface area contributed by atoms with Gasteiger partial charge in [0.05, 0.1) is 0 Å². The average Bonchev–Trinajstić information content (AvgIpc) is 2.95. The predicted molar refractivity (Wildman–Crippen MR) is 80.8 cm³/mol. The van der Waals surface area contributed by atoms with Gasteiger partial charge >= 0.3 is 0 Å². The first-order valence-corrected chi connectivity index (χ1v) is 6.84. The molecule has 3 rings (SSSR count). The molecule has 0 unspecified atom stereocenters. The van der Waals surface area contributed by atoms with Crippen molar-refractivity contribution in [2.24, 2.45) is 4.99 Å². The third kappa shape index (κ3) is 3.02. The Morgan fingerprint density at radius 2 is 1.74 bits per heavy atom. The van der Waals surface area contributed by atoms with Crippen LogP contribution in [0, 0.1) is 0 Å². The Kier molecular flexibility index (Phi) is 3.59. The van der Waals surface area contributed by atoms with Crippen molar-refractivity contribution >= 4 is 11.5 Å². The van der Waals surface area contributed by atoms with E-state index < -0.39 is 0 Å². The highest BCUT2D eigenvalue weighted by molar-refractivity contribution is 5.97. The second kappa shape index (κ2) is 5.70. The van der Waals surface area contributed by atoms with Crippen molar-refractivity contribution in [3.05, 3.63) is 65.7 Å². The van der Waals surface area contributed by atoms with E-state index in [1.165, 1.54) is 23.2 Å². The molecule has 0 aromatic heterocycles. The van der Waals surface area contributed by atoms with Gasteiger partial charge in [0.15, 0.2) is 0 Å². The molecule has 0 saturated heterocycles. The van der Waals surface area contributed by atoms with Gasteiger partial charge in [-0.25, -0.2) is 0 Å². The number of nitrogens with zero attached hydrogens (tertiary/aromatic N) is 1. The number of nitrogens with one attached hydrogen (secondary N) is 1. The van der Waals surface area contributed by atoms with Gasteiger partial charge in [0.25, 0.3) is 0 Å². The molecule has 96 valence electrons. The number of hydrogen-bond acceptors (Lipinski definition) is 2. The second-order valence-electron chi connectivity index (χ2n) is 4.88. The standard InChI is InChI=1S/C17H18N2/c1-2-7-14(8-3-1)13-15-9-4-5-10-16(15)19-17-11-6-12-18-17/h1-5,7-10H,6,11-13H2,(H,18,19). The highest BCUT2D eigenvalue weighted by Gasteiger charge is 2.09. The van der Waals surface area contributed by atoms with E-state index in [0.29, 0.717) is 0 Å². The molecule has 0 bridgehead atoms. The number of para-hydroxylation sites is 1. The summed E-state index contributed by atoms with van der Waals surface area (Å²) in [4.78, 5) is 4.48. The first-order valence-electron chi connectivity index (χ1n) is 6.84. The first-order chi connectivity index (χ1) is 9.42. The molecule has 19 heavy (non-hydrogen) atoms. The molecule has 1 heterocycles. The monoisotopic (exact) mass is 250 g/mol. The lowest BCUT2D eigenvalue weighted by molar-refractivity contribution is 0.951. The van der Waals surface area contributed by atoms with Crippen molar-refractivity contribution in [3.8, 4) is 0 Å². The van der Waals surface area contributed by atoms with Gasteiger partial charge in [0.1, 0.15) is 5.84 Å². The lowest BCUT2D eigenvalue weighted by Gasteiger charge is -2.12. The zero-order valence-corrected chi connectivity index (χ0v) is 11.0. The summed E-state index contributed by atoms with van der Waals surface area (Å²) in [6, 6.07) is 19.1. The lowest BCUT2D eigenvalue weighted by atomic mass is 10.0. The maximum absolute atomic E-state index is 4.48. The molecule has 0 aliphatic carbocycles. The van der Waals surface area contributed by atoms with Crippen molar-refractivity contribution in [1.29, 1.82) is 0 Å². The van der Waals surface area contributed by atoms with Gasteiger partial charge in [-0.05, 0) is 30.0 Å². The molecule has 1 aliphatic rings. The Morgan fingerprint density at radius 1 is 0.947 bits per heavy atom. The van der Waals surface area contributed by atoms with Gasteiger partial charge in [-0.2, -0.15) is 0 Å². The van der Waals surface area contributed by atoms with Crippen LogP contribution in [-0.2, 0) is 6.42 Å². The Balaban J connectivity index is 1.81. The van der Waals surface area contributed by atoms with Gasteiger partial charge in [0, 0.05) is 18.7 Å². The highest BCUT2D eigenvalue weighted by Crippen LogP contribution is 2.20. The quantitative estimate of drug-likeness (QED) is 0.878. The van der Waals surface area contributed by atoms with E-state index in [4.69, 9.17) is 0 Å². The van der Waals surface area contributed by atoms with Crippen molar-refractivity contribution in [3.63, 3.8) is 0 Å². The van der Waals surface area contributed by atoms with Crippen molar-refractivity contribution in [2.45, 2.75) is 19.3 Å². The van der Waals surface area contributed by atoms with Crippen molar-refractivity contribution in [2.75, 3.05) is 11.9 Å². The Morgan fingerprint density at radius 3 is 2.53 bits per heavy atom. The molecular formula is C17H18N2. The van der Waals surface area contributed by atoms with Gasteiger partial charge in [-0.3, -0.25) is 4.99 Å². The number of anilines is 1. The Labute approximate surface area is 114 Å². The Hall–Kier alpha value is -2.09. The molecule has 1 aliphatic heterocycles. The normalized spacial score (nSPS) is 14.2. The molecule has 0 saturated carbocycles. The zero-order valence-electron chi connectivity index (χ0n) is 11.0. The SMILES string of the molecule is c1ccc(Cc2ccccc2NC2=NCCC2)cc1. The smallest absolute Gasteiger partial charge is 0.101 e. The van der Waals surface area contributed by atoms with E-state index in [0.717, 1.165) is 25.2 Å². The fourth-order valence-electron chi connectivity index (χ4n) is 2.41. The van der Waals surface area contributed by atoms with E-state index in [2.05, 4.69) is 64.9 Å². The van der Waals surface area contributed by atoms with Crippen molar-refractivity contribution in [1.82, 2.24) is 0 Å². The van der Waals surface area contributed by atoms with E-state index in [1.807, 2.05) is 0 Å². The number of amidine groups is 1. The molecule has 2 aromatic carbocycles. The third-order valence-corrected chi connectivity index (χ3v) is 3.41. The number of aliphatic imine (C=N–C) groups is 1. The number of hydrogen-bond donors (Lipinski definition) is 1. The van der Waals surface area contributed by atoms with Crippen LogP contribution in [0.25, 0.3) is 0 Å². The molecule has 1 N–H and O–H groups in total. The Bertz CT molecular complexity index is 573. The molecule has 0 spiro atoms. The van der Waals surface area contributed by atoms with Crippen LogP contribution in [0.3, 0.4) is 0 Å². The van der Waals surface area contributed by atoms with Gasteiger partial charge in [0.2, 0.25) is 0 Å². The van der Waals surface area contributed by atoms with Crippen LogP contribution >= 0.6 is 0 Å². The average molecular weight is 250 g/mol. The molecule has 2 heteroatoms. The van der Waals surface area contributed by atoms with Crippen LogP contribution in [0.2, 0.25) is 0 Å². The van der Waals surface area contributed by atoms with E-state index in [-0.39, 0.29) is 0 Å². The maximum atomic E-state index is 4.48. The number of benzene rings is 2. The minimum absolute atomic E-state index is 0.956. The zero-order chi connectivity index (χ0) is 12.9. The van der Waals surface area contributed by atoms with E-state index >= 15 is 0 Å². The van der Waals surface area contributed by atoms with Gasteiger partial charge < -0.3 is 5.32 Å². The predicted octanol–water partition coefficient (Wildman–Crippen LogP) is 3.88. The molecule has 0 radical (unpaired) electrons. The summed E-state index contributed by atoms with van der Waals surface area (Å²) < 4.78 is 0. The second-order valence-corrected chi connectivity index (χ2v) is 4.88. The summed E-state index contributed by atoms with van der Waals surface area (Å²) in [6.07, 6.45) is 3.19. The van der Waals surface area contributed by atoms with Crippen LogP contribution in [-0.4, -0.2) is 12.4 Å². The van der Waals surface area contributed by atoms with Crippen LogP contribution in [0.1, 0.15) is 24.0 Å². The summed E-state index contributed by atoms with van der Waals surface area (Å²) in [6.45, 7) is 0.961. The third-order valence-electron chi connectivity index (χ3n) is 3.41. The van der Waals surface area contributed by atoms with Crippen LogP contribution in [0.15, 0.2) is 59.6 Å². The molecule has 0 amide bonds. The first kappa shape index (κ1) is 12.0. The summed E-state index contributed by atoms with van der Waals surface area (Å²) in [5.74, 6) is 1.13.